The molecule has 0 saturated carbocycles. The minimum absolute atomic E-state index is 0.198. The van der Waals surface area contributed by atoms with Gasteiger partial charge in [0, 0.05) is 37.4 Å². The van der Waals surface area contributed by atoms with Gasteiger partial charge in [-0.3, -0.25) is 9.69 Å². The fourth-order valence-electron chi connectivity index (χ4n) is 5.28. The molecule has 2 aromatic rings. The zero-order valence-electron chi connectivity index (χ0n) is 19.8. The molecule has 6 nitrogen and oxygen atoms in total. The predicted octanol–water partition coefficient (Wildman–Crippen LogP) is 4.07. The molecular formula is C24H30F3N3O3S. The van der Waals surface area contributed by atoms with Crippen LogP contribution in [0.15, 0.2) is 35.2 Å². The summed E-state index contributed by atoms with van der Waals surface area (Å²) in [5.74, 6) is -0.198. The van der Waals surface area contributed by atoms with Crippen LogP contribution < -0.4 is 0 Å². The van der Waals surface area contributed by atoms with Crippen molar-refractivity contribution >= 4 is 15.7 Å². The lowest BCUT2D eigenvalue weighted by molar-refractivity contribution is -0.144. The Kier molecular flexibility index (Phi) is 6.13. The Bertz CT molecular complexity index is 1210. The third-order valence-corrected chi connectivity index (χ3v) is 9.68. The van der Waals surface area contributed by atoms with Crippen molar-refractivity contribution in [2.24, 2.45) is 0 Å². The molecular weight excluding hydrogens is 467 g/mol. The molecule has 0 bridgehead atoms. The zero-order chi connectivity index (χ0) is 25.1. The van der Waals surface area contributed by atoms with Gasteiger partial charge in [0.05, 0.1) is 15.7 Å². The summed E-state index contributed by atoms with van der Waals surface area (Å²) in [6, 6.07) is 7.37. The van der Waals surface area contributed by atoms with Gasteiger partial charge in [0.25, 0.3) is 5.91 Å². The first-order valence-corrected chi connectivity index (χ1v) is 13.0. The Morgan fingerprint density at radius 1 is 1.03 bits per heavy atom. The second-order valence-corrected chi connectivity index (χ2v) is 12.0. The number of sulfone groups is 1. The maximum absolute atomic E-state index is 13.5. The first kappa shape index (κ1) is 24.8. The third kappa shape index (κ3) is 3.94. The number of halogens is 3. The topological polar surface area (TPSA) is 62.6 Å². The fraction of sp³-hybridized carbons (Fsp3) is 0.542. The molecule has 0 atom stereocenters. The molecule has 0 N–H and O–H groups in total. The van der Waals surface area contributed by atoms with Crippen LogP contribution in [0.3, 0.4) is 0 Å². The van der Waals surface area contributed by atoms with Crippen LogP contribution in [0, 0.1) is 6.92 Å². The maximum Gasteiger partial charge on any atom is 0.431 e. The number of piperidine rings is 1. The van der Waals surface area contributed by atoms with E-state index in [0.29, 0.717) is 49.3 Å². The molecule has 2 aliphatic heterocycles. The van der Waals surface area contributed by atoms with E-state index in [2.05, 4.69) is 4.90 Å². The smallest absolute Gasteiger partial charge is 0.338 e. The Hall–Kier alpha value is -2.33. The summed E-state index contributed by atoms with van der Waals surface area (Å²) in [5, 5.41) is -0.560. The SMILES string of the molecule is Cc1cc(C(=O)N2CCC3(CC2)c2ccc(C(F)(F)F)n2CCN3C)ccc1S(=O)(=O)C(C)C. The predicted molar refractivity (Wildman–Crippen MR) is 122 cm³/mol. The highest BCUT2D eigenvalue weighted by molar-refractivity contribution is 7.92. The number of amides is 1. The van der Waals surface area contributed by atoms with Crippen LogP contribution in [0.1, 0.15) is 54.0 Å². The Morgan fingerprint density at radius 2 is 1.68 bits per heavy atom. The second kappa shape index (κ2) is 8.41. The van der Waals surface area contributed by atoms with Crippen molar-refractivity contribution < 1.29 is 26.4 Å². The molecule has 1 fully saturated rings. The van der Waals surface area contributed by atoms with E-state index in [-0.39, 0.29) is 17.3 Å². The van der Waals surface area contributed by atoms with E-state index in [9.17, 15) is 26.4 Å². The molecule has 1 amide bonds. The highest BCUT2D eigenvalue weighted by atomic mass is 32.2. The van der Waals surface area contributed by atoms with Gasteiger partial charge in [-0.15, -0.1) is 0 Å². The van der Waals surface area contributed by atoms with Crippen LogP contribution in [-0.2, 0) is 28.1 Å². The van der Waals surface area contributed by atoms with E-state index < -0.39 is 32.5 Å². The van der Waals surface area contributed by atoms with E-state index in [0.717, 1.165) is 6.07 Å². The van der Waals surface area contributed by atoms with Crippen molar-refractivity contribution in [1.82, 2.24) is 14.4 Å². The van der Waals surface area contributed by atoms with E-state index in [1.54, 1.807) is 43.9 Å². The van der Waals surface area contributed by atoms with Gasteiger partial charge in [0.2, 0.25) is 0 Å². The number of likely N-dealkylation sites (tertiary alicyclic amines) is 1. The minimum atomic E-state index is -4.40. The number of carbonyl (C=O) groups excluding carboxylic acids is 1. The van der Waals surface area contributed by atoms with Crippen molar-refractivity contribution in [3.8, 4) is 0 Å². The fourth-order valence-corrected chi connectivity index (χ4v) is 6.55. The zero-order valence-corrected chi connectivity index (χ0v) is 20.6. The molecule has 186 valence electrons. The quantitative estimate of drug-likeness (QED) is 0.641. The number of likely N-dealkylation sites (N-methyl/N-ethyl adjacent to an activating group) is 1. The average Bonchev–Trinajstić information content (AvgIpc) is 3.22. The average molecular weight is 498 g/mol. The van der Waals surface area contributed by atoms with Crippen molar-refractivity contribution in [1.29, 1.82) is 0 Å². The number of alkyl halides is 3. The molecule has 1 aromatic heterocycles. The van der Waals surface area contributed by atoms with Crippen LogP contribution in [0.4, 0.5) is 13.2 Å². The number of hydrogen-bond acceptors (Lipinski definition) is 4. The van der Waals surface area contributed by atoms with Crippen molar-refractivity contribution in [3.63, 3.8) is 0 Å². The first-order valence-electron chi connectivity index (χ1n) is 11.4. The van der Waals surface area contributed by atoms with Crippen molar-refractivity contribution in [2.75, 3.05) is 26.7 Å². The van der Waals surface area contributed by atoms with Crippen LogP contribution >= 0.6 is 0 Å². The van der Waals surface area contributed by atoms with Gasteiger partial charge in [-0.05, 0) is 76.6 Å². The van der Waals surface area contributed by atoms with Crippen molar-refractivity contribution in [3.05, 3.63) is 52.8 Å². The lowest BCUT2D eigenvalue weighted by Gasteiger charge is -2.50. The number of benzene rings is 1. The van der Waals surface area contributed by atoms with E-state index in [1.165, 1.54) is 10.6 Å². The Morgan fingerprint density at radius 3 is 2.24 bits per heavy atom. The van der Waals surface area contributed by atoms with E-state index >= 15 is 0 Å². The number of hydrogen-bond donors (Lipinski definition) is 0. The molecule has 0 unspecified atom stereocenters. The molecule has 1 spiro atoms. The van der Waals surface area contributed by atoms with Gasteiger partial charge in [0.1, 0.15) is 5.69 Å². The Labute approximate surface area is 198 Å². The highest BCUT2D eigenvalue weighted by Crippen LogP contribution is 2.44. The summed E-state index contributed by atoms with van der Waals surface area (Å²) in [5.41, 5.74) is 0.414. The molecule has 0 aliphatic carbocycles. The van der Waals surface area contributed by atoms with Crippen LogP contribution in [-0.4, -0.2) is 60.6 Å². The van der Waals surface area contributed by atoms with E-state index in [1.807, 2.05) is 7.05 Å². The number of aromatic nitrogens is 1. The number of nitrogens with zero attached hydrogens (tertiary/aromatic N) is 3. The molecule has 3 heterocycles. The summed E-state index contributed by atoms with van der Waals surface area (Å²) >= 11 is 0. The maximum atomic E-state index is 13.5. The summed E-state index contributed by atoms with van der Waals surface area (Å²) < 4.78 is 66.9. The lowest BCUT2D eigenvalue weighted by atomic mass is 9.81. The van der Waals surface area contributed by atoms with Gasteiger partial charge in [-0.25, -0.2) is 8.42 Å². The molecule has 34 heavy (non-hydrogen) atoms. The summed E-state index contributed by atoms with van der Waals surface area (Å²) in [6.45, 7) is 6.51. The molecule has 4 rings (SSSR count). The molecule has 0 radical (unpaired) electrons. The normalized spacial score (nSPS) is 19.0. The number of carbonyl (C=O) groups is 1. The monoisotopic (exact) mass is 497 g/mol. The molecule has 1 saturated heterocycles. The van der Waals surface area contributed by atoms with Crippen LogP contribution in [0.25, 0.3) is 0 Å². The largest absolute Gasteiger partial charge is 0.431 e. The van der Waals surface area contributed by atoms with Crippen LogP contribution in [0.5, 0.6) is 0 Å². The summed E-state index contributed by atoms with van der Waals surface area (Å²) in [7, 11) is -1.52. The van der Waals surface area contributed by atoms with E-state index in [4.69, 9.17) is 0 Å². The molecule has 1 aromatic carbocycles. The van der Waals surface area contributed by atoms with Crippen molar-refractivity contribution in [2.45, 2.75) is 62.0 Å². The van der Waals surface area contributed by atoms with Gasteiger partial charge in [0.15, 0.2) is 9.84 Å². The lowest BCUT2D eigenvalue weighted by Crippen LogP contribution is -2.56. The highest BCUT2D eigenvalue weighted by Gasteiger charge is 2.47. The number of fused-ring (bicyclic) bond motifs is 2. The third-order valence-electron chi connectivity index (χ3n) is 7.36. The molecule has 2 aliphatic rings. The first-order chi connectivity index (χ1) is 15.8. The summed E-state index contributed by atoms with van der Waals surface area (Å²) in [4.78, 5) is 17.2. The minimum Gasteiger partial charge on any atom is -0.338 e. The Balaban J connectivity index is 1.55. The van der Waals surface area contributed by atoms with Gasteiger partial charge in [-0.1, -0.05) is 0 Å². The van der Waals surface area contributed by atoms with Gasteiger partial charge < -0.3 is 9.47 Å². The van der Waals surface area contributed by atoms with Crippen LogP contribution in [0.2, 0.25) is 0 Å². The number of rotatable bonds is 3. The number of aryl methyl sites for hydroxylation is 1. The van der Waals surface area contributed by atoms with Gasteiger partial charge in [-0.2, -0.15) is 13.2 Å². The standard InChI is InChI=1S/C24H30F3N3O3S/c1-16(2)34(32,33)19-6-5-18(15-17(19)3)22(31)29-11-9-23(10-12-29)20-7-8-21(24(25,26)27)30(20)14-13-28(23)4/h5-8,15-16H,9-14H2,1-4H3. The molecule has 10 heteroatoms. The second-order valence-electron chi connectivity index (χ2n) is 9.57. The summed E-state index contributed by atoms with van der Waals surface area (Å²) in [6.07, 6.45) is -3.36. The van der Waals surface area contributed by atoms with Gasteiger partial charge >= 0.3 is 6.18 Å².